The Balaban J connectivity index is 1.71. The van der Waals surface area contributed by atoms with Gasteiger partial charge in [0.05, 0.1) is 6.10 Å². The Bertz CT molecular complexity index is 1150. The Hall–Kier alpha value is -2.39. The summed E-state index contributed by atoms with van der Waals surface area (Å²) < 4.78 is 28.8. The molecule has 2 N–H and O–H groups in total. The van der Waals surface area contributed by atoms with Crippen LogP contribution >= 0.6 is 0 Å². The molecule has 0 aromatic heterocycles. The van der Waals surface area contributed by atoms with Gasteiger partial charge in [0, 0.05) is 29.6 Å². The fourth-order valence-corrected chi connectivity index (χ4v) is 8.53. The van der Waals surface area contributed by atoms with E-state index in [1.807, 2.05) is 13.8 Å². The zero-order valence-electron chi connectivity index (χ0n) is 25.5. The fourth-order valence-electron chi connectivity index (χ4n) is 8.53. The Morgan fingerprint density at radius 3 is 2.36 bits per heavy atom. The SMILES string of the molecule is CCCCCCC(=O)OC1(C(=O)COC(=O)CCCC)C(O)CC2C3CCC4=CC(=O)C=CC4(C)C3(F)C(O)CC21C. The van der Waals surface area contributed by atoms with Crippen molar-refractivity contribution in [1.29, 1.82) is 0 Å². The third kappa shape index (κ3) is 5.08. The molecule has 8 atom stereocenters. The number of alkyl halides is 1. The predicted molar refractivity (Wildman–Crippen MR) is 153 cm³/mol. The van der Waals surface area contributed by atoms with E-state index in [4.69, 9.17) is 9.47 Å². The number of unbranched alkanes of at least 4 members (excludes halogenated alkanes) is 4. The number of hydrogen-bond acceptors (Lipinski definition) is 8. The van der Waals surface area contributed by atoms with Gasteiger partial charge in [0.15, 0.2) is 18.1 Å². The van der Waals surface area contributed by atoms with Crippen molar-refractivity contribution in [2.24, 2.45) is 22.7 Å². The third-order valence-corrected chi connectivity index (χ3v) is 10.8. The Kier molecular flexibility index (Phi) is 9.53. The average Bonchev–Trinajstić information content (AvgIpc) is 3.16. The molecule has 3 fully saturated rings. The first-order valence-electron chi connectivity index (χ1n) is 15.7. The van der Waals surface area contributed by atoms with Crippen LogP contribution in [0.4, 0.5) is 4.39 Å². The summed E-state index contributed by atoms with van der Waals surface area (Å²) in [7, 11) is 0. The lowest BCUT2D eigenvalue weighted by atomic mass is 9.44. The zero-order chi connectivity index (χ0) is 30.9. The smallest absolute Gasteiger partial charge is 0.306 e. The number of ketones is 2. The quantitative estimate of drug-likeness (QED) is 0.243. The minimum absolute atomic E-state index is 0.0179. The topological polar surface area (TPSA) is 127 Å². The molecule has 234 valence electrons. The number of Topliss-reactive ketones (excluding diaryl/α,β-unsaturated/α-hetero) is 1. The number of hydrogen-bond donors (Lipinski definition) is 2. The largest absolute Gasteiger partial charge is 0.457 e. The molecule has 0 spiro atoms. The molecule has 8 unspecified atom stereocenters. The summed E-state index contributed by atoms with van der Waals surface area (Å²) in [5, 5.41) is 23.3. The number of aliphatic hydroxyl groups excluding tert-OH is 2. The highest BCUT2D eigenvalue weighted by Gasteiger charge is 2.78. The van der Waals surface area contributed by atoms with E-state index in [-0.39, 0.29) is 31.5 Å². The lowest BCUT2D eigenvalue weighted by molar-refractivity contribution is -0.232. The maximum Gasteiger partial charge on any atom is 0.306 e. The molecule has 4 rings (SSSR count). The predicted octanol–water partition coefficient (Wildman–Crippen LogP) is 4.88. The Morgan fingerprint density at radius 1 is 0.976 bits per heavy atom. The molecule has 0 heterocycles. The van der Waals surface area contributed by atoms with Crippen molar-refractivity contribution >= 4 is 23.5 Å². The zero-order valence-corrected chi connectivity index (χ0v) is 25.5. The molecule has 8 nitrogen and oxygen atoms in total. The molecular formula is C33H47FO8. The molecule has 0 aromatic rings. The number of halogens is 1. The van der Waals surface area contributed by atoms with Crippen LogP contribution in [0.15, 0.2) is 23.8 Å². The Labute approximate surface area is 248 Å². The summed E-state index contributed by atoms with van der Waals surface area (Å²) in [6.07, 6.45) is 6.51. The van der Waals surface area contributed by atoms with Crippen molar-refractivity contribution in [2.45, 2.75) is 128 Å². The highest BCUT2D eigenvalue weighted by Crippen LogP contribution is 2.70. The van der Waals surface area contributed by atoms with E-state index in [0.717, 1.165) is 25.7 Å². The first-order valence-corrected chi connectivity index (χ1v) is 15.7. The van der Waals surface area contributed by atoms with Gasteiger partial charge in [-0.2, -0.15) is 0 Å². The van der Waals surface area contributed by atoms with E-state index in [9.17, 15) is 29.4 Å². The molecule has 3 saturated carbocycles. The monoisotopic (exact) mass is 590 g/mol. The summed E-state index contributed by atoms with van der Waals surface area (Å²) >= 11 is 0. The molecule has 0 radical (unpaired) electrons. The average molecular weight is 591 g/mol. The standard InChI is InChI=1S/C33H47FO8/c1-5-7-9-10-12-29(40)42-33(27(38)20-41-28(39)11-8-6-2)25(36)18-24-23-14-13-21-17-22(35)15-16-30(21,3)32(23,34)26(37)19-31(24,33)4/h15-17,23-26,36-37H,5-14,18-20H2,1-4H3. The number of aliphatic hydroxyl groups is 2. The fraction of sp³-hybridized carbons (Fsp3) is 0.758. The van der Waals surface area contributed by atoms with E-state index in [1.165, 1.54) is 12.2 Å². The van der Waals surface area contributed by atoms with Gasteiger partial charge >= 0.3 is 11.9 Å². The summed E-state index contributed by atoms with van der Waals surface area (Å²) in [6.45, 7) is 6.66. The van der Waals surface area contributed by atoms with Crippen LogP contribution in [0, 0.1) is 22.7 Å². The minimum Gasteiger partial charge on any atom is -0.457 e. The summed E-state index contributed by atoms with van der Waals surface area (Å²) in [5.74, 6) is -3.61. The van der Waals surface area contributed by atoms with E-state index >= 15 is 4.39 Å². The molecule has 9 heteroatoms. The van der Waals surface area contributed by atoms with Crippen molar-refractivity contribution in [1.82, 2.24) is 0 Å². The second kappa shape index (κ2) is 12.3. The van der Waals surface area contributed by atoms with Crippen molar-refractivity contribution in [2.75, 3.05) is 6.61 Å². The van der Waals surface area contributed by atoms with E-state index < -0.39 is 70.5 Å². The molecule has 4 aliphatic carbocycles. The van der Waals surface area contributed by atoms with E-state index in [1.54, 1.807) is 19.9 Å². The minimum atomic E-state index is -2.17. The maximum atomic E-state index is 17.5. The van der Waals surface area contributed by atoms with Gasteiger partial charge in [0.25, 0.3) is 0 Å². The molecule has 0 aliphatic heterocycles. The van der Waals surface area contributed by atoms with Crippen LogP contribution in [-0.2, 0) is 28.7 Å². The number of fused-ring (bicyclic) bond motifs is 5. The van der Waals surface area contributed by atoms with Gasteiger partial charge in [0.1, 0.15) is 6.10 Å². The van der Waals surface area contributed by atoms with Crippen molar-refractivity contribution < 1.29 is 43.3 Å². The molecule has 42 heavy (non-hydrogen) atoms. The highest BCUT2D eigenvalue weighted by atomic mass is 19.1. The van der Waals surface area contributed by atoms with Gasteiger partial charge in [-0.15, -0.1) is 0 Å². The van der Waals surface area contributed by atoms with Crippen LogP contribution < -0.4 is 0 Å². The van der Waals surface area contributed by atoms with Crippen molar-refractivity contribution in [3.8, 4) is 0 Å². The number of ether oxygens (including phenoxy) is 2. The summed E-state index contributed by atoms with van der Waals surface area (Å²) in [5.41, 5.74) is -6.23. The van der Waals surface area contributed by atoms with Gasteiger partial charge in [-0.3, -0.25) is 19.2 Å². The first kappa shape index (κ1) is 32.5. The van der Waals surface area contributed by atoms with Gasteiger partial charge in [-0.25, -0.2) is 4.39 Å². The van der Waals surface area contributed by atoms with Crippen LogP contribution in [0.3, 0.4) is 0 Å². The van der Waals surface area contributed by atoms with E-state index in [2.05, 4.69) is 0 Å². The number of esters is 2. The number of carbonyl (C=O) groups excluding carboxylic acids is 4. The molecule has 0 aromatic carbocycles. The lowest BCUT2D eigenvalue weighted by Crippen LogP contribution is -2.70. The lowest BCUT2D eigenvalue weighted by Gasteiger charge is -2.62. The number of rotatable bonds is 12. The molecule has 0 saturated heterocycles. The third-order valence-electron chi connectivity index (χ3n) is 10.8. The van der Waals surface area contributed by atoms with Gasteiger partial charge in [-0.1, -0.05) is 58.1 Å². The van der Waals surface area contributed by atoms with Crippen LogP contribution in [-0.4, -0.2) is 63.8 Å². The normalized spacial score (nSPS) is 38.6. The number of carbonyl (C=O) groups is 4. The van der Waals surface area contributed by atoms with Gasteiger partial charge in [-0.05, 0) is 63.5 Å². The maximum absolute atomic E-state index is 17.5. The first-order chi connectivity index (χ1) is 19.8. The van der Waals surface area contributed by atoms with E-state index in [0.29, 0.717) is 31.3 Å². The molecular weight excluding hydrogens is 543 g/mol. The van der Waals surface area contributed by atoms with Crippen LogP contribution in [0.1, 0.15) is 105 Å². The second-order valence-corrected chi connectivity index (χ2v) is 13.2. The molecule has 0 bridgehead atoms. The second-order valence-electron chi connectivity index (χ2n) is 13.2. The summed E-state index contributed by atoms with van der Waals surface area (Å²) in [6, 6.07) is 0. The van der Waals surface area contributed by atoms with Crippen LogP contribution in [0.2, 0.25) is 0 Å². The molecule has 4 aliphatic rings. The summed E-state index contributed by atoms with van der Waals surface area (Å²) in [4.78, 5) is 51.7. The van der Waals surface area contributed by atoms with Crippen molar-refractivity contribution in [3.05, 3.63) is 23.8 Å². The highest BCUT2D eigenvalue weighted by molar-refractivity contribution is 6.01. The van der Waals surface area contributed by atoms with Gasteiger partial charge < -0.3 is 19.7 Å². The van der Waals surface area contributed by atoms with Crippen molar-refractivity contribution in [3.63, 3.8) is 0 Å². The van der Waals surface area contributed by atoms with Crippen LogP contribution in [0.5, 0.6) is 0 Å². The van der Waals surface area contributed by atoms with Crippen LogP contribution in [0.25, 0.3) is 0 Å². The molecule has 0 amide bonds. The Morgan fingerprint density at radius 2 is 1.67 bits per heavy atom. The number of allylic oxidation sites excluding steroid dienone is 4. The van der Waals surface area contributed by atoms with Gasteiger partial charge in [0.2, 0.25) is 11.4 Å².